The Labute approximate surface area is 162 Å². The number of nitrogens with zero attached hydrogens (tertiary/aromatic N) is 3. The van der Waals surface area contributed by atoms with Gasteiger partial charge in [0.25, 0.3) is 0 Å². The van der Waals surface area contributed by atoms with Crippen LogP contribution in [0.25, 0.3) is 11.3 Å². The van der Waals surface area contributed by atoms with Crippen LogP contribution >= 0.6 is 12.4 Å². The number of rotatable bonds is 4. The molecule has 3 rings (SSSR count). The number of halogens is 1. The molecule has 0 radical (unpaired) electrons. The summed E-state index contributed by atoms with van der Waals surface area (Å²) in [6, 6.07) is 7.12. The lowest BCUT2D eigenvalue weighted by Crippen LogP contribution is -2.42. The number of anilines is 1. The summed E-state index contributed by atoms with van der Waals surface area (Å²) in [5, 5.41) is 3.00. The highest BCUT2D eigenvalue weighted by Gasteiger charge is 2.25. The minimum absolute atomic E-state index is 0. The van der Waals surface area contributed by atoms with Crippen LogP contribution in [0, 0.1) is 0 Å². The van der Waals surface area contributed by atoms with Gasteiger partial charge in [0, 0.05) is 29.4 Å². The van der Waals surface area contributed by atoms with Crippen molar-refractivity contribution < 1.29 is 4.79 Å². The van der Waals surface area contributed by atoms with Crippen LogP contribution in [0.1, 0.15) is 40.2 Å². The van der Waals surface area contributed by atoms with Gasteiger partial charge in [-0.3, -0.25) is 4.79 Å². The van der Waals surface area contributed by atoms with E-state index in [0.29, 0.717) is 6.04 Å². The summed E-state index contributed by atoms with van der Waals surface area (Å²) in [6.45, 7) is 11.7. The maximum absolute atomic E-state index is 12.3. The molecule has 1 aromatic heterocycles. The fourth-order valence-corrected chi connectivity index (χ4v) is 3.64. The molecule has 0 bridgehead atoms. The summed E-state index contributed by atoms with van der Waals surface area (Å²) in [7, 11) is 0. The van der Waals surface area contributed by atoms with Gasteiger partial charge in [0.1, 0.15) is 6.54 Å². The number of carbonyl (C=O) groups excluding carboxylic acids is 1. The molecule has 2 heterocycles. The number of nitrogens with one attached hydrogen (secondary N) is 1. The van der Waals surface area contributed by atoms with E-state index in [-0.39, 0.29) is 30.4 Å². The summed E-state index contributed by atoms with van der Waals surface area (Å²) >= 11 is 0. The molecule has 0 fully saturated rings. The third kappa shape index (κ3) is 4.21. The maximum Gasteiger partial charge on any atom is 0.240 e. The van der Waals surface area contributed by atoms with Crippen molar-refractivity contribution in [1.29, 1.82) is 0 Å². The normalized spacial score (nSPS) is 16.2. The molecule has 1 aliphatic heterocycles. The van der Waals surface area contributed by atoms with Crippen LogP contribution < -0.4 is 10.2 Å². The first-order valence-corrected chi connectivity index (χ1v) is 8.99. The maximum atomic E-state index is 12.3. The van der Waals surface area contributed by atoms with Gasteiger partial charge in [0.2, 0.25) is 5.91 Å². The molecule has 1 aliphatic rings. The van der Waals surface area contributed by atoms with Gasteiger partial charge in [0.15, 0.2) is 0 Å². The number of imidazole rings is 1. The van der Waals surface area contributed by atoms with Gasteiger partial charge in [-0.05, 0) is 58.7 Å². The van der Waals surface area contributed by atoms with Gasteiger partial charge in [-0.15, -0.1) is 12.4 Å². The minimum Gasteiger partial charge on any atom is -0.369 e. The van der Waals surface area contributed by atoms with E-state index < -0.39 is 0 Å². The molecular weight excluding hydrogens is 348 g/mol. The van der Waals surface area contributed by atoms with Crippen molar-refractivity contribution >= 4 is 24.0 Å². The number of fused-ring (bicyclic) bond motifs is 1. The summed E-state index contributed by atoms with van der Waals surface area (Å²) in [5.74, 6) is -0.00121. The molecule has 0 spiro atoms. The molecule has 1 atom stereocenters. The Morgan fingerprint density at radius 1 is 1.35 bits per heavy atom. The van der Waals surface area contributed by atoms with E-state index in [0.717, 1.165) is 24.2 Å². The number of carbonyl (C=O) groups is 1. The smallest absolute Gasteiger partial charge is 0.240 e. The fraction of sp³-hybridized carbons (Fsp3) is 0.500. The fourth-order valence-electron chi connectivity index (χ4n) is 3.64. The molecule has 0 saturated carbocycles. The zero-order valence-corrected chi connectivity index (χ0v) is 17.1. The molecule has 5 nitrogen and oxygen atoms in total. The lowest BCUT2D eigenvalue weighted by Gasteiger charge is -2.22. The van der Waals surface area contributed by atoms with Gasteiger partial charge < -0.3 is 14.8 Å². The number of aromatic nitrogens is 2. The molecule has 142 valence electrons. The Morgan fingerprint density at radius 3 is 2.73 bits per heavy atom. The van der Waals surface area contributed by atoms with Gasteiger partial charge in [-0.25, -0.2) is 4.98 Å². The van der Waals surface area contributed by atoms with Gasteiger partial charge in [-0.1, -0.05) is 6.07 Å². The second-order valence-electron chi connectivity index (χ2n) is 7.89. The van der Waals surface area contributed by atoms with E-state index >= 15 is 0 Å². The quantitative estimate of drug-likeness (QED) is 0.885. The van der Waals surface area contributed by atoms with Crippen molar-refractivity contribution in [3.63, 3.8) is 0 Å². The predicted molar refractivity (Wildman–Crippen MR) is 109 cm³/mol. The number of benzene rings is 1. The second-order valence-corrected chi connectivity index (χ2v) is 7.89. The Bertz CT molecular complexity index is 778. The topological polar surface area (TPSA) is 50.2 Å². The molecule has 1 aromatic carbocycles. The Hall–Kier alpha value is -2.01. The van der Waals surface area contributed by atoms with Crippen LogP contribution in [0.3, 0.4) is 0 Å². The minimum atomic E-state index is -0.231. The van der Waals surface area contributed by atoms with Crippen molar-refractivity contribution in [3.8, 4) is 11.3 Å². The summed E-state index contributed by atoms with van der Waals surface area (Å²) in [5.41, 5.74) is 4.57. The van der Waals surface area contributed by atoms with Crippen molar-refractivity contribution in [1.82, 2.24) is 14.9 Å². The summed E-state index contributed by atoms with van der Waals surface area (Å²) in [4.78, 5) is 19.0. The number of hydrogen-bond acceptors (Lipinski definition) is 3. The van der Waals surface area contributed by atoms with Crippen LogP contribution in [0.2, 0.25) is 0 Å². The first-order chi connectivity index (χ1) is 11.8. The zero-order valence-electron chi connectivity index (χ0n) is 16.2. The van der Waals surface area contributed by atoms with Crippen molar-refractivity contribution in [2.45, 2.75) is 59.2 Å². The monoisotopic (exact) mass is 376 g/mol. The van der Waals surface area contributed by atoms with Crippen LogP contribution in [0.4, 0.5) is 5.69 Å². The van der Waals surface area contributed by atoms with Crippen molar-refractivity contribution in [3.05, 3.63) is 36.3 Å². The second kappa shape index (κ2) is 7.70. The third-order valence-corrected chi connectivity index (χ3v) is 4.61. The van der Waals surface area contributed by atoms with Gasteiger partial charge in [-0.2, -0.15) is 0 Å². The number of hydrogen-bond donors (Lipinski definition) is 1. The highest BCUT2D eigenvalue weighted by Crippen LogP contribution is 2.35. The molecule has 0 aliphatic carbocycles. The molecule has 0 saturated heterocycles. The van der Waals surface area contributed by atoms with Gasteiger partial charge in [0.05, 0.1) is 18.2 Å². The lowest BCUT2D eigenvalue weighted by atomic mass is 10.1. The summed E-state index contributed by atoms with van der Waals surface area (Å²) in [6.07, 6.45) is 4.63. The van der Waals surface area contributed by atoms with E-state index in [1.54, 1.807) is 6.33 Å². The standard InChI is InChI=1S/C20H28N4O.ClH/c1-6-24-14(2)9-16-10-15(7-8-17(16)24)18-11-21-13-23(18)12-19(25)22-20(3,4)5;/h7-8,10-11,13-14H,6,9,12H2,1-5H3,(H,22,25);1H. The van der Waals surface area contributed by atoms with Crippen LogP contribution in [0.5, 0.6) is 0 Å². The lowest BCUT2D eigenvalue weighted by molar-refractivity contribution is -0.123. The van der Waals surface area contributed by atoms with Gasteiger partial charge >= 0.3 is 0 Å². The zero-order chi connectivity index (χ0) is 18.2. The van der Waals surface area contributed by atoms with E-state index in [1.165, 1.54) is 11.3 Å². The predicted octanol–water partition coefficient (Wildman–Crippen LogP) is 3.66. The molecule has 6 heteroatoms. The highest BCUT2D eigenvalue weighted by molar-refractivity contribution is 5.85. The Kier molecular flexibility index (Phi) is 6.02. The largest absolute Gasteiger partial charge is 0.369 e. The molecule has 1 unspecified atom stereocenters. The van der Waals surface area contributed by atoms with Crippen LogP contribution in [0.15, 0.2) is 30.7 Å². The Morgan fingerprint density at radius 2 is 2.08 bits per heavy atom. The Balaban J connectivity index is 0.00000243. The third-order valence-electron chi connectivity index (χ3n) is 4.61. The highest BCUT2D eigenvalue weighted by atomic mass is 35.5. The SMILES string of the molecule is CCN1c2ccc(-c3cncn3CC(=O)NC(C)(C)C)cc2CC1C.Cl. The van der Waals surface area contributed by atoms with E-state index in [9.17, 15) is 4.79 Å². The average molecular weight is 377 g/mol. The average Bonchev–Trinajstić information content (AvgIpc) is 3.07. The van der Waals surface area contributed by atoms with Crippen molar-refractivity contribution in [2.75, 3.05) is 11.4 Å². The first-order valence-electron chi connectivity index (χ1n) is 8.99. The molecule has 1 N–H and O–H groups in total. The van der Waals surface area contributed by atoms with Crippen molar-refractivity contribution in [2.24, 2.45) is 0 Å². The van der Waals surface area contributed by atoms with E-state index in [2.05, 4.69) is 47.2 Å². The number of amides is 1. The van der Waals surface area contributed by atoms with Crippen LogP contribution in [-0.2, 0) is 17.8 Å². The summed E-state index contributed by atoms with van der Waals surface area (Å²) < 4.78 is 1.92. The molecule has 2 aromatic rings. The number of likely N-dealkylation sites (N-methyl/N-ethyl adjacent to an activating group) is 1. The van der Waals surface area contributed by atoms with E-state index in [4.69, 9.17) is 0 Å². The first kappa shape index (κ1) is 20.3. The molecular formula is C20H29ClN4O. The molecule has 1 amide bonds. The van der Waals surface area contributed by atoms with Crippen LogP contribution in [-0.4, -0.2) is 33.6 Å². The molecule has 26 heavy (non-hydrogen) atoms. The van der Waals surface area contributed by atoms with E-state index in [1.807, 2.05) is 31.5 Å².